The van der Waals surface area contributed by atoms with Crippen molar-refractivity contribution in [1.29, 1.82) is 0 Å². The molecule has 2 nitrogen and oxygen atoms in total. The van der Waals surface area contributed by atoms with Gasteiger partial charge in [0.25, 0.3) is 0 Å². The molecule has 0 atom stereocenters. The van der Waals surface area contributed by atoms with Crippen LogP contribution in [-0.2, 0) is 9.53 Å². The molecule has 3 aliphatic carbocycles. The Labute approximate surface area is 141 Å². The van der Waals surface area contributed by atoms with Gasteiger partial charge in [-0.05, 0) is 88.9 Å². The predicted molar refractivity (Wildman–Crippen MR) is 93.1 cm³/mol. The highest BCUT2D eigenvalue weighted by molar-refractivity contribution is 7.80. The summed E-state index contributed by atoms with van der Waals surface area (Å²) in [5, 5.41) is 0.637. The first-order valence-corrected chi connectivity index (χ1v) is 10.1. The fraction of sp³-hybridized carbons (Fsp3) is 0.947. The van der Waals surface area contributed by atoms with E-state index in [4.69, 9.17) is 4.74 Å². The zero-order chi connectivity index (χ0) is 15.4. The molecule has 0 aromatic heterocycles. The Balaban J connectivity index is 1.40. The van der Waals surface area contributed by atoms with Gasteiger partial charge in [-0.15, -0.1) is 0 Å². The molecule has 3 rings (SSSR count). The smallest absolute Gasteiger partial charge is 0.309 e. The molecular formula is C19H32O2S. The van der Waals surface area contributed by atoms with Gasteiger partial charge in [-0.25, -0.2) is 0 Å². The van der Waals surface area contributed by atoms with Gasteiger partial charge >= 0.3 is 5.97 Å². The fourth-order valence-corrected chi connectivity index (χ4v) is 5.14. The van der Waals surface area contributed by atoms with E-state index in [-0.39, 0.29) is 18.0 Å². The van der Waals surface area contributed by atoms with E-state index >= 15 is 0 Å². The van der Waals surface area contributed by atoms with Crippen LogP contribution in [0.2, 0.25) is 0 Å². The quantitative estimate of drug-likeness (QED) is 0.573. The summed E-state index contributed by atoms with van der Waals surface area (Å²) in [5.41, 5.74) is 0. The fourth-order valence-electron chi connectivity index (χ4n) is 4.84. The standard InChI is InChI=1S/C19H32O2S/c20-19(21-17-4-2-1-3-5-17)16-8-6-14(7-9-16)15-10-12-18(22)13-11-15/h14-18,22H,1-13H2. The number of carbonyl (C=O) groups is 1. The van der Waals surface area contributed by atoms with Gasteiger partial charge in [0.15, 0.2) is 0 Å². The van der Waals surface area contributed by atoms with Crippen LogP contribution in [0.15, 0.2) is 0 Å². The normalized spacial score (nSPS) is 37.7. The van der Waals surface area contributed by atoms with E-state index in [1.807, 2.05) is 0 Å². The molecule has 0 saturated heterocycles. The van der Waals surface area contributed by atoms with Crippen LogP contribution in [-0.4, -0.2) is 17.3 Å². The first-order chi connectivity index (χ1) is 10.7. The van der Waals surface area contributed by atoms with Crippen LogP contribution < -0.4 is 0 Å². The highest BCUT2D eigenvalue weighted by Gasteiger charge is 2.33. The molecule has 0 aromatic rings. The highest BCUT2D eigenvalue weighted by Crippen LogP contribution is 2.41. The molecule has 0 N–H and O–H groups in total. The third-order valence-corrected chi connectivity index (χ3v) is 6.86. The van der Waals surface area contributed by atoms with Gasteiger partial charge in [-0.2, -0.15) is 12.6 Å². The monoisotopic (exact) mass is 324 g/mol. The topological polar surface area (TPSA) is 26.3 Å². The van der Waals surface area contributed by atoms with Crippen LogP contribution >= 0.6 is 12.6 Å². The lowest BCUT2D eigenvalue weighted by Gasteiger charge is -2.36. The van der Waals surface area contributed by atoms with Gasteiger partial charge < -0.3 is 4.74 Å². The maximum absolute atomic E-state index is 12.4. The summed E-state index contributed by atoms with van der Waals surface area (Å²) in [6, 6.07) is 0. The predicted octanol–water partition coefficient (Wildman–Crippen LogP) is 5.16. The second-order valence-corrected chi connectivity index (χ2v) is 8.61. The molecule has 0 spiro atoms. The second-order valence-electron chi connectivity index (χ2n) is 7.88. The van der Waals surface area contributed by atoms with Crippen molar-refractivity contribution >= 4 is 18.6 Å². The average molecular weight is 325 g/mol. The number of carbonyl (C=O) groups excluding carboxylic acids is 1. The van der Waals surface area contributed by atoms with Crippen molar-refractivity contribution in [1.82, 2.24) is 0 Å². The molecule has 22 heavy (non-hydrogen) atoms. The van der Waals surface area contributed by atoms with Gasteiger partial charge in [-0.1, -0.05) is 6.42 Å². The van der Waals surface area contributed by atoms with E-state index in [0.29, 0.717) is 5.25 Å². The second kappa shape index (κ2) is 8.08. The van der Waals surface area contributed by atoms with Gasteiger partial charge in [0, 0.05) is 5.25 Å². The van der Waals surface area contributed by atoms with Crippen LogP contribution in [0.4, 0.5) is 0 Å². The molecule has 0 unspecified atom stereocenters. The summed E-state index contributed by atoms with van der Waals surface area (Å²) in [4.78, 5) is 12.4. The lowest BCUT2D eigenvalue weighted by atomic mass is 9.71. The van der Waals surface area contributed by atoms with Crippen molar-refractivity contribution in [2.75, 3.05) is 0 Å². The molecule has 3 aliphatic rings. The minimum absolute atomic E-state index is 0.115. The molecule has 0 amide bonds. The van der Waals surface area contributed by atoms with Gasteiger partial charge in [0.05, 0.1) is 5.92 Å². The molecule has 0 aromatic carbocycles. The maximum Gasteiger partial charge on any atom is 0.309 e. The van der Waals surface area contributed by atoms with Crippen molar-refractivity contribution in [3.63, 3.8) is 0 Å². The molecule has 0 radical (unpaired) electrons. The van der Waals surface area contributed by atoms with Crippen LogP contribution in [0, 0.1) is 17.8 Å². The molecule has 0 heterocycles. The summed E-state index contributed by atoms with van der Waals surface area (Å²) in [7, 11) is 0. The Kier molecular flexibility index (Phi) is 6.12. The Morgan fingerprint density at radius 3 is 1.86 bits per heavy atom. The zero-order valence-corrected chi connectivity index (χ0v) is 14.7. The zero-order valence-electron chi connectivity index (χ0n) is 13.8. The highest BCUT2D eigenvalue weighted by atomic mass is 32.1. The molecule has 0 aliphatic heterocycles. The average Bonchev–Trinajstić information content (AvgIpc) is 2.57. The van der Waals surface area contributed by atoms with Gasteiger partial charge in [0.1, 0.15) is 6.10 Å². The summed E-state index contributed by atoms with van der Waals surface area (Å²) in [5.74, 6) is 2.07. The minimum Gasteiger partial charge on any atom is -0.462 e. The van der Waals surface area contributed by atoms with Crippen LogP contribution in [0.1, 0.15) is 83.5 Å². The van der Waals surface area contributed by atoms with Crippen molar-refractivity contribution in [2.24, 2.45) is 17.8 Å². The first kappa shape index (κ1) is 16.7. The summed E-state index contributed by atoms with van der Waals surface area (Å²) in [6.07, 6.45) is 16.1. The number of thiol groups is 1. The van der Waals surface area contributed by atoms with Gasteiger partial charge in [0.2, 0.25) is 0 Å². The van der Waals surface area contributed by atoms with Crippen molar-refractivity contribution in [2.45, 2.75) is 94.8 Å². The third-order valence-electron chi connectivity index (χ3n) is 6.35. The molecule has 3 fully saturated rings. The number of rotatable bonds is 3. The third kappa shape index (κ3) is 4.43. The molecular weight excluding hydrogens is 292 g/mol. The maximum atomic E-state index is 12.4. The number of esters is 1. The van der Waals surface area contributed by atoms with Gasteiger partial charge in [-0.3, -0.25) is 4.79 Å². The van der Waals surface area contributed by atoms with E-state index < -0.39 is 0 Å². The Hall–Kier alpha value is -0.180. The van der Waals surface area contributed by atoms with E-state index in [1.54, 1.807) is 0 Å². The summed E-state index contributed by atoms with van der Waals surface area (Å²) in [6.45, 7) is 0. The van der Waals surface area contributed by atoms with E-state index in [2.05, 4.69) is 12.6 Å². The van der Waals surface area contributed by atoms with E-state index in [9.17, 15) is 4.79 Å². The van der Waals surface area contributed by atoms with Crippen molar-refractivity contribution < 1.29 is 9.53 Å². The van der Waals surface area contributed by atoms with Crippen LogP contribution in [0.25, 0.3) is 0 Å². The Bertz CT molecular complexity index is 348. The molecule has 3 heteroatoms. The van der Waals surface area contributed by atoms with E-state index in [1.165, 1.54) is 57.8 Å². The Morgan fingerprint density at radius 1 is 0.727 bits per heavy atom. The number of ether oxygens (including phenoxy) is 1. The van der Waals surface area contributed by atoms with Crippen molar-refractivity contribution in [3.8, 4) is 0 Å². The minimum atomic E-state index is 0.115. The molecule has 0 bridgehead atoms. The number of hydrogen-bond acceptors (Lipinski definition) is 3. The lowest BCUT2D eigenvalue weighted by molar-refractivity contribution is -0.157. The summed E-state index contributed by atoms with van der Waals surface area (Å²) < 4.78 is 5.78. The largest absolute Gasteiger partial charge is 0.462 e. The number of hydrogen-bond donors (Lipinski definition) is 1. The van der Waals surface area contributed by atoms with Crippen LogP contribution in [0.3, 0.4) is 0 Å². The lowest BCUT2D eigenvalue weighted by Crippen LogP contribution is -2.31. The van der Waals surface area contributed by atoms with Crippen molar-refractivity contribution in [3.05, 3.63) is 0 Å². The molecule has 126 valence electrons. The van der Waals surface area contributed by atoms with Crippen LogP contribution in [0.5, 0.6) is 0 Å². The SMILES string of the molecule is O=C(OC1CCCCC1)C1CCC(C2CCC(S)CC2)CC1. The molecule has 3 saturated carbocycles. The first-order valence-electron chi connectivity index (χ1n) is 9.61. The Morgan fingerprint density at radius 2 is 1.27 bits per heavy atom. The summed E-state index contributed by atoms with van der Waals surface area (Å²) >= 11 is 4.61. The van der Waals surface area contributed by atoms with E-state index in [0.717, 1.165) is 37.5 Å².